The highest BCUT2D eigenvalue weighted by Gasteiger charge is 2.20. The van der Waals surface area contributed by atoms with Crippen LogP contribution < -0.4 is 5.32 Å². The summed E-state index contributed by atoms with van der Waals surface area (Å²) in [6.45, 7) is 2.06. The van der Waals surface area contributed by atoms with Gasteiger partial charge in [0.15, 0.2) is 0 Å². The van der Waals surface area contributed by atoms with Crippen LogP contribution in [0.25, 0.3) is 6.08 Å². The molecule has 2 rings (SSSR count). The fourth-order valence-electron chi connectivity index (χ4n) is 2.49. The van der Waals surface area contributed by atoms with Gasteiger partial charge in [-0.1, -0.05) is 42.0 Å². The number of aliphatic hydroxyl groups is 1. The van der Waals surface area contributed by atoms with E-state index < -0.39 is 0 Å². The number of benzene rings is 1. The Bertz CT molecular complexity index is 456. The highest BCUT2D eigenvalue weighted by molar-refractivity contribution is 5.78. The zero-order valence-corrected chi connectivity index (χ0v) is 12.0. The zero-order chi connectivity index (χ0) is 14.4. The number of carbonyl (C=O) groups excluding carboxylic acids is 1. The molecule has 0 unspecified atom stereocenters. The van der Waals surface area contributed by atoms with Crippen molar-refractivity contribution < 1.29 is 9.90 Å². The van der Waals surface area contributed by atoms with Crippen molar-refractivity contribution in [2.75, 3.05) is 0 Å². The van der Waals surface area contributed by atoms with Crippen molar-refractivity contribution in [3.63, 3.8) is 0 Å². The fraction of sp³-hybridized carbons (Fsp3) is 0.471. The molecule has 20 heavy (non-hydrogen) atoms. The molecule has 108 valence electrons. The van der Waals surface area contributed by atoms with Crippen molar-refractivity contribution in [3.8, 4) is 0 Å². The lowest BCUT2D eigenvalue weighted by atomic mass is 9.93. The lowest BCUT2D eigenvalue weighted by Gasteiger charge is -2.25. The molecule has 0 aliphatic heterocycles. The molecular formula is C17H23NO2. The molecule has 1 amide bonds. The smallest absolute Gasteiger partial charge is 0.224 e. The number of hydrogen-bond donors (Lipinski definition) is 2. The summed E-state index contributed by atoms with van der Waals surface area (Å²) in [6.07, 6.45) is 7.47. The van der Waals surface area contributed by atoms with Crippen LogP contribution in [0.4, 0.5) is 0 Å². The number of rotatable bonds is 4. The Morgan fingerprint density at radius 1 is 1.25 bits per heavy atom. The van der Waals surface area contributed by atoms with Gasteiger partial charge in [-0.2, -0.15) is 0 Å². The summed E-state index contributed by atoms with van der Waals surface area (Å²) in [4.78, 5) is 11.8. The van der Waals surface area contributed by atoms with Gasteiger partial charge in [0.05, 0.1) is 6.10 Å². The minimum Gasteiger partial charge on any atom is -0.393 e. The molecule has 3 nitrogen and oxygen atoms in total. The SMILES string of the molecule is Cc1ccc(C=CCC(=O)NC2CCC(O)CC2)cc1. The van der Waals surface area contributed by atoms with Crippen molar-refractivity contribution in [1.29, 1.82) is 0 Å². The first kappa shape index (κ1) is 14.8. The van der Waals surface area contributed by atoms with Gasteiger partial charge in [0.1, 0.15) is 0 Å². The molecule has 0 heterocycles. The average molecular weight is 273 g/mol. The van der Waals surface area contributed by atoms with Gasteiger partial charge in [-0.05, 0) is 38.2 Å². The summed E-state index contributed by atoms with van der Waals surface area (Å²) in [6, 6.07) is 8.46. The van der Waals surface area contributed by atoms with Crippen LogP contribution in [-0.4, -0.2) is 23.2 Å². The number of aryl methyl sites for hydroxylation is 1. The molecule has 1 saturated carbocycles. The predicted octanol–water partition coefficient (Wildman–Crippen LogP) is 2.82. The Labute approximate surface area is 120 Å². The van der Waals surface area contributed by atoms with Gasteiger partial charge in [0.25, 0.3) is 0 Å². The Hall–Kier alpha value is -1.61. The molecule has 1 aromatic rings. The maximum atomic E-state index is 11.8. The third-order valence-corrected chi connectivity index (χ3v) is 3.75. The summed E-state index contributed by atoms with van der Waals surface area (Å²) in [5.41, 5.74) is 2.35. The van der Waals surface area contributed by atoms with Crippen LogP contribution in [0.3, 0.4) is 0 Å². The quantitative estimate of drug-likeness (QED) is 0.886. The average Bonchev–Trinajstić information content (AvgIpc) is 2.44. The molecule has 0 atom stereocenters. The van der Waals surface area contributed by atoms with Gasteiger partial charge in [-0.3, -0.25) is 4.79 Å². The van der Waals surface area contributed by atoms with Crippen molar-refractivity contribution in [2.24, 2.45) is 0 Å². The van der Waals surface area contributed by atoms with Crippen molar-refractivity contribution in [2.45, 2.75) is 51.2 Å². The molecule has 1 aliphatic carbocycles. The van der Waals surface area contributed by atoms with E-state index in [2.05, 4.69) is 24.4 Å². The maximum absolute atomic E-state index is 11.8. The zero-order valence-electron chi connectivity index (χ0n) is 12.0. The summed E-state index contributed by atoms with van der Waals surface area (Å²) in [5, 5.41) is 12.5. The van der Waals surface area contributed by atoms with E-state index >= 15 is 0 Å². The number of carbonyl (C=O) groups is 1. The van der Waals surface area contributed by atoms with E-state index in [-0.39, 0.29) is 18.1 Å². The Kier molecular flexibility index (Phi) is 5.36. The second-order valence-electron chi connectivity index (χ2n) is 5.59. The first-order valence-corrected chi connectivity index (χ1v) is 7.34. The molecule has 0 radical (unpaired) electrons. The first-order valence-electron chi connectivity index (χ1n) is 7.34. The minimum absolute atomic E-state index is 0.0646. The summed E-state index contributed by atoms with van der Waals surface area (Å²) in [5.74, 6) is 0.0646. The van der Waals surface area contributed by atoms with Crippen LogP contribution in [0.15, 0.2) is 30.3 Å². The second-order valence-corrected chi connectivity index (χ2v) is 5.59. The van der Waals surface area contributed by atoms with E-state index in [1.807, 2.05) is 24.3 Å². The number of amides is 1. The Morgan fingerprint density at radius 2 is 1.90 bits per heavy atom. The Balaban J connectivity index is 1.73. The van der Waals surface area contributed by atoms with Gasteiger partial charge in [0, 0.05) is 12.5 Å². The third-order valence-electron chi connectivity index (χ3n) is 3.75. The van der Waals surface area contributed by atoms with E-state index in [0.29, 0.717) is 6.42 Å². The van der Waals surface area contributed by atoms with E-state index in [0.717, 1.165) is 31.2 Å². The van der Waals surface area contributed by atoms with Crippen LogP contribution in [0, 0.1) is 6.92 Å². The monoisotopic (exact) mass is 273 g/mol. The van der Waals surface area contributed by atoms with Crippen molar-refractivity contribution in [3.05, 3.63) is 41.5 Å². The Morgan fingerprint density at radius 3 is 2.55 bits per heavy atom. The third kappa shape index (κ3) is 4.82. The standard InChI is InChI=1S/C17H23NO2/c1-13-5-7-14(8-6-13)3-2-4-17(20)18-15-9-11-16(19)12-10-15/h2-3,5-8,15-16,19H,4,9-12H2,1H3,(H,18,20). The molecule has 2 N–H and O–H groups in total. The van der Waals surface area contributed by atoms with E-state index in [4.69, 9.17) is 0 Å². The van der Waals surface area contributed by atoms with Crippen LogP contribution in [0.1, 0.15) is 43.2 Å². The highest BCUT2D eigenvalue weighted by atomic mass is 16.3. The molecule has 0 saturated heterocycles. The highest BCUT2D eigenvalue weighted by Crippen LogP contribution is 2.18. The summed E-state index contributed by atoms with van der Waals surface area (Å²) < 4.78 is 0. The van der Waals surface area contributed by atoms with Crippen molar-refractivity contribution >= 4 is 12.0 Å². The molecular weight excluding hydrogens is 250 g/mol. The largest absolute Gasteiger partial charge is 0.393 e. The van der Waals surface area contributed by atoms with Gasteiger partial charge in [0.2, 0.25) is 5.91 Å². The molecule has 1 aliphatic rings. The van der Waals surface area contributed by atoms with Gasteiger partial charge < -0.3 is 10.4 Å². The van der Waals surface area contributed by atoms with Crippen molar-refractivity contribution in [1.82, 2.24) is 5.32 Å². The molecule has 1 aromatic carbocycles. The molecule has 1 fully saturated rings. The molecule has 0 spiro atoms. The molecule has 0 bridgehead atoms. The normalized spacial score (nSPS) is 22.9. The van der Waals surface area contributed by atoms with Gasteiger partial charge >= 0.3 is 0 Å². The first-order chi connectivity index (χ1) is 9.63. The van der Waals surface area contributed by atoms with E-state index in [9.17, 15) is 9.90 Å². The summed E-state index contributed by atoms with van der Waals surface area (Å²) >= 11 is 0. The van der Waals surface area contributed by atoms with Crippen LogP contribution in [0.2, 0.25) is 0 Å². The van der Waals surface area contributed by atoms with Gasteiger partial charge in [-0.15, -0.1) is 0 Å². The number of nitrogens with one attached hydrogen (secondary N) is 1. The van der Waals surface area contributed by atoms with E-state index in [1.165, 1.54) is 5.56 Å². The summed E-state index contributed by atoms with van der Waals surface area (Å²) in [7, 11) is 0. The number of hydrogen-bond acceptors (Lipinski definition) is 2. The second kappa shape index (κ2) is 7.25. The van der Waals surface area contributed by atoms with Crippen LogP contribution >= 0.6 is 0 Å². The molecule has 0 aromatic heterocycles. The maximum Gasteiger partial charge on any atom is 0.224 e. The van der Waals surface area contributed by atoms with E-state index in [1.54, 1.807) is 0 Å². The van der Waals surface area contributed by atoms with Gasteiger partial charge in [-0.25, -0.2) is 0 Å². The lowest BCUT2D eigenvalue weighted by Crippen LogP contribution is -2.38. The fourth-order valence-corrected chi connectivity index (χ4v) is 2.49. The van der Waals surface area contributed by atoms with Crippen LogP contribution in [-0.2, 0) is 4.79 Å². The number of aliphatic hydroxyl groups excluding tert-OH is 1. The lowest BCUT2D eigenvalue weighted by molar-refractivity contribution is -0.121. The minimum atomic E-state index is -0.176. The van der Waals surface area contributed by atoms with Crippen LogP contribution in [0.5, 0.6) is 0 Å². The molecule has 3 heteroatoms. The predicted molar refractivity (Wildman–Crippen MR) is 81.2 cm³/mol. The topological polar surface area (TPSA) is 49.3 Å².